The molecule has 0 aromatic heterocycles. The average molecular weight is 304 g/mol. The van der Waals surface area contributed by atoms with Crippen LogP contribution in [0.1, 0.15) is 22.3 Å². The number of hydrogen-bond acceptors (Lipinski definition) is 4. The van der Waals surface area contributed by atoms with E-state index in [9.17, 15) is 13.2 Å². The van der Waals surface area contributed by atoms with E-state index >= 15 is 0 Å². The van der Waals surface area contributed by atoms with Gasteiger partial charge in [0.15, 0.2) is 5.78 Å². The summed E-state index contributed by atoms with van der Waals surface area (Å²) in [5.41, 5.74) is 1.52. The molecule has 0 aliphatic heterocycles. The van der Waals surface area contributed by atoms with E-state index in [-0.39, 0.29) is 23.7 Å². The van der Waals surface area contributed by atoms with E-state index in [1.54, 1.807) is 36.4 Å². The highest BCUT2D eigenvalue weighted by molar-refractivity contribution is 7.86. The molecule has 2 aromatic rings. The summed E-state index contributed by atoms with van der Waals surface area (Å²) in [7, 11) is -3.81. The Morgan fingerprint density at radius 1 is 1.00 bits per heavy atom. The number of carbonyl (C=O) groups excluding carboxylic acids is 1. The summed E-state index contributed by atoms with van der Waals surface area (Å²) in [6, 6.07) is 15.1. The van der Waals surface area contributed by atoms with Gasteiger partial charge in [-0.2, -0.15) is 8.42 Å². The lowest BCUT2D eigenvalue weighted by Gasteiger charge is -2.06. The number of hydrogen-bond donors (Lipinski definition) is 0. The van der Waals surface area contributed by atoms with E-state index in [0.717, 1.165) is 5.56 Å². The van der Waals surface area contributed by atoms with Crippen molar-refractivity contribution in [3.63, 3.8) is 0 Å². The zero-order valence-electron chi connectivity index (χ0n) is 11.7. The molecule has 0 aliphatic carbocycles. The molecule has 0 radical (unpaired) electrons. The van der Waals surface area contributed by atoms with Gasteiger partial charge in [-0.1, -0.05) is 48.0 Å². The molecule has 0 amide bonds. The van der Waals surface area contributed by atoms with E-state index in [2.05, 4.69) is 0 Å². The van der Waals surface area contributed by atoms with Crippen molar-refractivity contribution in [2.75, 3.05) is 6.61 Å². The van der Waals surface area contributed by atoms with Crippen molar-refractivity contribution < 1.29 is 17.4 Å². The molecule has 0 saturated carbocycles. The molecule has 0 saturated heterocycles. The quantitative estimate of drug-likeness (QED) is 0.608. The minimum Gasteiger partial charge on any atom is -0.294 e. The molecular formula is C16H16O4S. The first-order chi connectivity index (χ1) is 9.99. The second-order valence-electron chi connectivity index (χ2n) is 4.63. The van der Waals surface area contributed by atoms with Crippen molar-refractivity contribution >= 4 is 15.9 Å². The molecule has 2 aromatic carbocycles. The van der Waals surface area contributed by atoms with Crippen LogP contribution in [-0.2, 0) is 14.3 Å². The zero-order valence-corrected chi connectivity index (χ0v) is 12.5. The third-order valence-corrected chi connectivity index (χ3v) is 4.30. The minimum absolute atomic E-state index is 0.0229. The van der Waals surface area contributed by atoms with Gasteiger partial charge in [0.25, 0.3) is 10.1 Å². The minimum atomic E-state index is -3.81. The van der Waals surface area contributed by atoms with Crippen LogP contribution >= 0.6 is 0 Å². The van der Waals surface area contributed by atoms with Crippen LogP contribution in [0.15, 0.2) is 59.5 Å². The molecule has 0 N–H and O–H groups in total. The van der Waals surface area contributed by atoms with E-state index in [1.807, 2.05) is 13.0 Å². The van der Waals surface area contributed by atoms with Crippen LogP contribution in [0.5, 0.6) is 0 Å². The van der Waals surface area contributed by atoms with Gasteiger partial charge in [0, 0.05) is 12.0 Å². The van der Waals surface area contributed by atoms with E-state index in [1.165, 1.54) is 12.1 Å². The van der Waals surface area contributed by atoms with Crippen molar-refractivity contribution in [3.8, 4) is 0 Å². The molecule has 2 rings (SSSR count). The maximum absolute atomic E-state index is 11.9. The van der Waals surface area contributed by atoms with Gasteiger partial charge < -0.3 is 0 Å². The fraction of sp³-hybridized carbons (Fsp3) is 0.188. The predicted molar refractivity (Wildman–Crippen MR) is 79.7 cm³/mol. The summed E-state index contributed by atoms with van der Waals surface area (Å²) < 4.78 is 28.8. The van der Waals surface area contributed by atoms with Gasteiger partial charge in [-0.25, -0.2) is 0 Å². The molecule has 0 spiro atoms. The zero-order chi connectivity index (χ0) is 15.3. The molecule has 0 unspecified atom stereocenters. The molecule has 4 nitrogen and oxygen atoms in total. The summed E-state index contributed by atoms with van der Waals surface area (Å²) >= 11 is 0. The summed E-state index contributed by atoms with van der Waals surface area (Å²) in [5, 5.41) is 0. The van der Waals surface area contributed by atoms with Gasteiger partial charge in [-0.05, 0) is 19.1 Å². The van der Waals surface area contributed by atoms with Crippen molar-refractivity contribution in [1.29, 1.82) is 0 Å². The Morgan fingerprint density at radius 3 is 2.24 bits per heavy atom. The van der Waals surface area contributed by atoms with Crippen molar-refractivity contribution in [1.82, 2.24) is 0 Å². The van der Waals surface area contributed by atoms with Crippen LogP contribution in [0.3, 0.4) is 0 Å². The molecule has 0 aliphatic rings. The summed E-state index contributed by atoms with van der Waals surface area (Å²) in [5.74, 6) is -0.144. The van der Waals surface area contributed by atoms with Gasteiger partial charge >= 0.3 is 0 Å². The molecule has 110 valence electrons. The number of ketones is 1. The fourth-order valence-corrected chi connectivity index (χ4v) is 2.69. The Balaban J connectivity index is 1.94. The summed E-state index contributed by atoms with van der Waals surface area (Å²) in [6.45, 7) is 1.71. The Morgan fingerprint density at radius 2 is 1.62 bits per heavy atom. The third kappa shape index (κ3) is 4.24. The van der Waals surface area contributed by atoms with Crippen molar-refractivity contribution in [3.05, 3.63) is 65.7 Å². The number of benzene rings is 2. The number of aryl methyl sites for hydroxylation is 1. The lowest BCUT2D eigenvalue weighted by molar-refractivity contribution is 0.0964. The van der Waals surface area contributed by atoms with Crippen LogP contribution in [0.2, 0.25) is 0 Å². The van der Waals surface area contributed by atoms with E-state index < -0.39 is 10.1 Å². The molecule has 0 fully saturated rings. The smallest absolute Gasteiger partial charge is 0.294 e. The summed E-state index contributed by atoms with van der Waals surface area (Å²) in [4.78, 5) is 11.9. The Kier molecular flexibility index (Phi) is 4.88. The van der Waals surface area contributed by atoms with Crippen LogP contribution in [0, 0.1) is 6.92 Å². The average Bonchev–Trinajstić information content (AvgIpc) is 2.48. The van der Waals surface area contributed by atoms with E-state index in [0.29, 0.717) is 5.56 Å². The van der Waals surface area contributed by atoms with Crippen LogP contribution < -0.4 is 0 Å². The standard InChI is InChI=1S/C16H16O4S/c1-13-7-9-15(10-8-13)21(18,19)20-12-11-16(17)14-5-3-2-4-6-14/h2-10H,11-12H2,1H3. The van der Waals surface area contributed by atoms with Crippen LogP contribution in [0.4, 0.5) is 0 Å². The van der Waals surface area contributed by atoms with Crippen LogP contribution in [0.25, 0.3) is 0 Å². The summed E-state index contributed by atoms with van der Waals surface area (Å²) in [6.07, 6.45) is 0.0229. The van der Waals surface area contributed by atoms with Gasteiger partial charge in [-0.3, -0.25) is 8.98 Å². The Labute approximate surface area is 124 Å². The Bertz CT molecular complexity index is 704. The van der Waals surface area contributed by atoms with Crippen LogP contribution in [-0.4, -0.2) is 20.8 Å². The maximum atomic E-state index is 11.9. The number of carbonyl (C=O) groups is 1. The second-order valence-corrected chi connectivity index (χ2v) is 6.24. The second kappa shape index (κ2) is 6.65. The number of rotatable bonds is 6. The maximum Gasteiger partial charge on any atom is 0.296 e. The van der Waals surface area contributed by atoms with Crippen molar-refractivity contribution in [2.45, 2.75) is 18.2 Å². The molecule has 0 bridgehead atoms. The van der Waals surface area contributed by atoms with Gasteiger partial charge in [0.1, 0.15) is 0 Å². The lowest BCUT2D eigenvalue weighted by atomic mass is 10.1. The highest BCUT2D eigenvalue weighted by Crippen LogP contribution is 2.14. The third-order valence-electron chi connectivity index (χ3n) is 2.97. The largest absolute Gasteiger partial charge is 0.296 e. The number of Topliss-reactive ketones (excluding diaryl/α,β-unsaturated/α-hetero) is 1. The van der Waals surface area contributed by atoms with E-state index in [4.69, 9.17) is 4.18 Å². The first kappa shape index (κ1) is 15.4. The lowest BCUT2D eigenvalue weighted by Crippen LogP contribution is -2.11. The fourth-order valence-electron chi connectivity index (χ4n) is 1.79. The molecule has 0 atom stereocenters. The Hall–Kier alpha value is -1.98. The first-order valence-electron chi connectivity index (χ1n) is 6.53. The highest BCUT2D eigenvalue weighted by atomic mass is 32.2. The molecular weight excluding hydrogens is 288 g/mol. The molecule has 21 heavy (non-hydrogen) atoms. The first-order valence-corrected chi connectivity index (χ1v) is 7.94. The molecule has 5 heteroatoms. The van der Waals surface area contributed by atoms with Crippen molar-refractivity contribution in [2.24, 2.45) is 0 Å². The monoisotopic (exact) mass is 304 g/mol. The normalized spacial score (nSPS) is 11.3. The topological polar surface area (TPSA) is 60.4 Å². The molecule has 0 heterocycles. The van der Waals surface area contributed by atoms with Gasteiger partial charge in [-0.15, -0.1) is 0 Å². The van der Waals surface area contributed by atoms with Gasteiger partial charge in [0.05, 0.1) is 11.5 Å². The van der Waals surface area contributed by atoms with Gasteiger partial charge in [0.2, 0.25) is 0 Å². The SMILES string of the molecule is Cc1ccc(S(=O)(=O)OCCC(=O)c2ccccc2)cc1. The predicted octanol–water partition coefficient (Wildman–Crippen LogP) is 2.97. The highest BCUT2D eigenvalue weighted by Gasteiger charge is 2.15.